The number of anilines is 2. The third kappa shape index (κ3) is 6.51. The highest BCUT2D eigenvalue weighted by atomic mass is 16.5. The van der Waals surface area contributed by atoms with E-state index in [0.29, 0.717) is 74.2 Å². The molecule has 0 aliphatic carbocycles. The van der Waals surface area contributed by atoms with Crippen molar-refractivity contribution >= 4 is 35.0 Å². The summed E-state index contributed by atoms with van der Waals surface area (Å²) in [7, 11) is 0. The van der Waals surface area contributed by atoms with Crippen molar-refractivity contribution in [3.63, 3.8) is 0 Å². The quantitative estimate of drug-likeness (QED) is 0.255. The number of β-amino-alcohol motifs (C(OH)–C–C–N with tert-alkyl or cyclic N) is 1. The van der Waals surface area contributed by atoms with E-state index in [1.165, 1.54) is 0 Å². The number of benzene rings is 2. The zero-order chi connectivity index (χ0) is 27.2. The van der Waals surface area contributed by atoms with Gasteiger partial charge in [0.05, 0.1) is 25.0 Å². The second kappa shape index (κ2) is 11.9. The molecule has 2 aliphatic rings. The minimum atomic E-state index is -0.469. The number of carbonyl (C=O) groups excluding carboxylic acids is 2. The Bertz CT molecular complexity index is 1330. The molecule has 1 aromatic heterocycles. The number of hydrogen-bond acceptors (Lipinski definition) is 5. The third-order valence-corrected chi connectivity index (χ3v) is 6.62. The summed E-state index contributed by atoms with van der Waals surface area (Å²) >= 11 is 0. The topological polar surface area (TPSA) is 146 Å². The van der Waals surface area contributed by atoms with Crippen molar-refractivity contribution in [3.05, 3.63) is 83.7 Å². The Labute approximate surface area is 226 Å². The second-order valence-corrected chi connectivity index (χ2v) is 9.39. The Balaban J connectivity index is 1.18. The number of rotatable bonds is 5. The van der Waals surface area contributed by atoms with Gasteiger partial charge in [-0.3, -0.25) is 10.2 Å². The Hall–Kier alpha value is -4.48. The molecule has 0 spiro atoms. The molecule has 3 amide bonds. The van der Waals surface area contributed by atoms with Gasteiger partial charge in [0.1, 0.15) is 0 Å². The Morgan fingerprint density at radius 1 is 0.923 bits per heavy atom. The first kappa shape index (κ1) is 26.1. The van der Waals surface area contributed by atoms with Gasteiger partial charge in [0, 0.05) is 54.9 Å². The summed E-state index contributed by atoms with van der Waals surface area (Å²) in [5, 5.41) is 23.7. The number of nitrogens with zero attached hydrogens (tertiary/aromatic N) is 3. The fourth-order valence-corrected chi connectivity index (χ4v) is 4.53. The molecule has 1 atom stereocenters. The molecule has 2 aromatic carbocycles. The van der Waals surface area contributed by atoms with Crippen molar-refractivity contribution in [2.24, 2.45) is 4.99 Å². The SMILES string of the molecule is N=C(/N=C(\c1ccc[nH]1)N1CCOCC1)c1ccc(NC(=O)Nc2ccc(C(=O)N3CC[C@H](O)C3)cc2)cc1. The lowest BCUT2D eigenvalue weighted by Crippen LogP contribution is -2.41. The molecule has 5 rings (SSSR count). The van der Waals surface area contributed by atoms with Crippen LogP contribution in [0.25, 0.3) is 0 Å². The Kier molecular flexibility index (Phi) is 7.99. The van der Waals surface area contributed by atoms with E-state index in [-0.39, 0.29) is 11.7 Å². The van der Waals surface area contributed by atoms with Crippen molar-refractivity contribution in [1.29, 1.82) is 5.41 Å². The second-order valence-electron chi connectivity index (χ2n) is 9.39. The van der Waals surface area contributed by atoms with Crippen molar-refractivity contribution in [2.45, 2.75) is 12.5 Å². The summed E-state index contributed by atoms with van der Waals surface area (Å²) in [4.78, 5) is 36.5. The Morgan fingerprint density at radius 3 is 2.13 bits per heavy atom. The molecule has 0 unspecified atom stereocenters. The molecule has 11 heteroatoms. The molecule has 0 bridgehead atoms. The predicted octanol–water partition coefficient (Wildman–Crippen LogP) is 2.97. The number of hydrogen-bond donors (Lipinski definition) is 5. The lowest BCUT2D eigenvalue weighted by Gasteiger charge is -2.29. The summed E-state index contributed by atoms with van der Waals surface area (Å²) in [6, 6.07) is 16.9. The number of aromatic nitrogens is 1. The van der Waals surface area contributed by atoms with E-state index in [1.54, 1.807) is 53.4 Å². The first-order valence-corrected chi connectivity index (χ1v) is 12.9. The van der Waals surface area contributed by atoms with Crippen LogP contribution in [0.3, 0.4) is 0 Å². The number of likely N-dealkylation sites (tertiary alicyclic amines) is 1. The maximum Gasteiger partial charge on any atom is 0.323 e. The van der Waals surface area contributed by atoms with Crippen molar-refractivity contribution in [2.75, 3.05) is 50.0 Å². The molecular formula is C28H31N7O4. The number of amidine groups is 2. The van der Waals surface area contributed by atoms with Crippen LogP contribution in [0.15, 0.2) is 71.9 Å². The number of aliphatic hydroxyl groups is 1. The van der Waals surface area contributed by atoms with Crippen LogP contribution >= 0.6 is 0 Å². The highest BCUT2D eigenvalue weighted by molar-refractivity contribution is 6.10. The van der Waals surface area contributed by atoms with Gasteiger partial charge in [-0.25, -0.2) is 9.79 Å². The number of aromatic amines is 1. The molecule has 5 N–H and O–H groups in total. The molecule has 2 fully saturated rings. The number of aliphatic hydroxyl groups excluding tert-OH is 1. The van der Waals surface area contributed by atoms with Crippen LogP contribution in [0.4, 0.5) is 16.2 Å². The summed E-state index contributed by atoms with van der Waals surface area (Å²) in [6.45, 7) is 3.50. The minimum Gasteiger partial charge on any atom is -0.391 e. The van der Waals surface area contributed by atoms with E-state index < -0.39 is 12.1 Å². The van der Waals surface area contributed by atoms with E-state index in [9.17, 15) is 14.7 Å². The van der Waals surface area contributed by atoms with Gasteiger partial charge in [0.15, 0.2) is 11.7 Å². The zero-order valence-corrected chi connectivity index (χ0v) is 21.4. The van der Waals surface area contributed by atoms with Crippen LogP contribution < -0.4 is 10.6 Å². The summed E-state index contributed by atoms with van der Waals surface area (Å²) in [5.41, 5.74) is 3.06. The van der Waals surface area contributed by atoms with Gasteiger partial charge >= 0.3 is 6.03 Å². The van der Waals surface area contributed by atoms with Crippen LogP contribution in [-0.4, -0.2) is 89.0 Å². The standard InChI is InChI=1S/C28H31N7O4/c29-25(33-26(24-2-1-12-30-24)34-14-16-39-17-15-34)19-3-7-21(8-4-19)31-28(38)32-22-9-5-20(6-10-22)27(37)35-13-11-23(36)18-35/h1-10,12,23,29-30,36H,11,13-18H2,(H2,31,32,38)/b29-25?,33-26+/t23-/m0/s1. The van der Waals surface area contributed by atoms with Gasteiger partial charge in [-0.2, -0.15) is 0 Å². The van der Waals surface area contributed by atoms with Crippen molar-refractivity contribution < 1.29 is 19.4 Å². The minimum absolute atomic E-state index is 0.111. The lowest BCUT2D eigenvalue weighted by atomic mass is 10.2. The largest absolute Gasteiger partial charge is 0.391 e. The van der Waals surface area contributed by atoms with Gasteiger partial charge < -0.3 is 35.3 Å². The van der Waals surface area contributed by atoms with Crippen LogP contribution in [0, 0.1) is 5.41 Å². The number of urea groups is 1. The van der Waals surface area contributed by atoms with E-state index in [1.807, 2.05) is 18.3 Å². The molecule has 0 saturated carbocycles. The molecule has 3 aromatic rings. The number of amides is 3. The molecule has 202 valence electrons. The zero-order valence-electron chi connectivity index (χ0n) is 21.4. The number of H-pyrrole nitrogens is 1. The maximum atomic E-state index is 12.5. The van der Waals surface area contributed by atoms with E-state index >= 15 is 0 Å². The van der Waals surface area contributed by atoms with Crippen molar-refractivity contribution in [3.8, 4) is 0 Å². The Morgan fingerprint density at radius 2 is 1.56 bits per heavy atom. The number of morpholine rings is 1. The number of nitrogens with one attached hydrogen (secondary N) is 4. The first-order valence-electron chi connectivity index (χ1n) is 12.9. The highest BCUT2D eigenvalue weighted by Gasteiger charge is 2.25. The molecule has 11 nitrogen and oxygen atoms in total. The average molecular weight is 530 g/mol. The molecule has 2 aliphatic heterocycles. The molecule has 0 radical (unpaired) electrons. The van der Waals surface area contributed by atoms with E-state index in [0.717, 1.165) is 5.69 Å². The number of carbonyl (C=O) groups is 2. The van der Waals surface area contributed by atoms with Crippen LogP contribution in [0.2, 0.25) is 0 Å². The van der Waals surface area contributed by atoms with Crippen LogP contribution in [0.1, 0.15) is 28.0 Å². The van der Waals surface area contributed by atoms with Gasteiger partial charge in [-0.05, 0) is 67.1 Å². The summed E-state index contributed by atoms with van der Waals surface area (Å²) in [6.07, 6.45) is 1.95. The smallest absolute Gasteiger partial charge is 0.323 e. The fraction of sp³-hybridized carbons (Fsp3) is 0.286. The predicted molar refractivity (Wildman–Crippen MR) is 149 cm³/mol. The molecular weight excluding hydrogens is 498 g/mol. The number of aliphatic imine (C=N–C) groups is 1. The van der Waals surface area contributed by atoms with Crippen LogP contribution in [-0.2, 0) is 4.74 Å². The molecule has 2 saturated heterocycles. The van der Waals surface area contributed by atoms with Crippen LogP contribution in [0.5, 0.6) is 0 Å². The fourth-order valence-electron chi connectivity index (χ4n) is 4.53. The summed E-state index contributed by atoms with van der Waals surface area (Å²) < 4.78 is 5.45. The van der Waals surface area contributed by atoms with Gasteiger partial charge in [0.25, 0.3) is 5.91 Å². The normalized spacial score (nSPS) is 17.7. The van der Waals surface area contributed by atoms with E-state index in [2.05, 4.69) is 25.5 Å². The van der Waals surface area contributed by atoms with Crippen molar-refractivity contribution in [1.82, 2.24) is 14.8 Å². The third-order valence-electron chi connectivity index (χ3n) is 6.62. The lowest BCUT2D eigenvalue weighted by molar-refractivity contribution is 0.0682. The first-order chi connectivity index (χ1) is 19.0. The highest BCUT2D eigenvalue weighted by Crippen LogP contribution is 2.17. The van der Waals surface area contributed by atoms with Gasteiger partial charge in [-0.15, -0.1) is 0 Å². The van der Waals surface area contributed by atoms with E-state index in [4.69, 9.17) is 10.1 Å². The maximum absolute atomic E-state index is 12.5. The molecule has 3 heterocycles. The number of ether oxygens (including phenoxy) is 1. The van der Waals surface area contributed by atoms with Gasteiger partial charge in [0.2, 0.25) is 0 Å². The summed E-state index contributed by atoms with van der Waals surface area (Å²) in [5.74, 6) is 0.670. The monoisotopic (exact) mass is 529 g/mol. The molecule has 39 heavy (non-hydrogen) atoms. The average Bonchev–Trinajstić information content (AvgIpc) is 3.65. The van der Waals surface area contributed by atoms with Gasteiger partial charge in [-0.1, -0.05) is 0 Å².